The molecule has 4 rings (SSSR count). The topological polar surface area (TPSA) is 58.1 Å². The average molecular weight is 443 g/mol. The van der Waals surface area contributed by atoms with Crippen LogP contribution >= 0.6 is 15.9 Å². The number of pyridine rings is 2. The normalized spacial score (nSPS) is 14.3. The van der Waals surface area contributed by atoms with Crippen molar-refractivity contribution >= 4 is 38.4 Å². The number of piperidine rings is 1. The first-order valence-corrected chi connectivity index (χ1v) is 10.1. The van der Waals surface area contributed by atoms with Gasteiger partial charge in [0.25, 0.3) is 5.91 Å². The Morgan fingerprint density at radius 1 is 1.14 bits per heavy atom. The van der Waals surface area contributed by atoms with Crippen LogP contribution in [-0.4, -0.2) is 29.0 Å². The Bertz CT molecular complexity index is 1000. The van der Waals surface area contributed by atoms with Crippen molar-refractivity contribution in [1.82, 2.24) is 15.3 Å². The zero-order valence-electron chi connectivity index (χ0n) is 15.3. The molecule has 1 aliphatic rings. The molecule has 1 aromatic carbocycles. The number of nitrogens with zero attached hydrogens (tertiary/aromatic N) is 3. The third kappa shape index (κ3) is 3.85. The lowest BCUT2D eigenvalue weighted by atomic mass is 10.1. The predicted octanol–water partition coefficient (Wildman–Crippen LogP) is 4.45. The van der Waals surface area contributed by atoms with Gasteiger partial charge in [-0.2, -0.15) is 0 Å². The van der Waals surface area contributed by atoms with Crippen molar-refractivity contribution in [3.8, 4) is 0 Å². The standard InChI is InChI=1S/C21H20BrFN4O/c22-20-16-5-4-10-24-17(16)19(27-11-2-1-3-12-27)18(26-20)21(28)25-13-14-6-8-15(23)9-7-14/h4-10H,1-3,11-13H2,(H,25,28). The van der Waals surface area contributed by atoms with Gasteiger partial charge in [-0.15, -0.1) is 0 Å². The highest BCUT2D eigenvalue weighted by molar-refractivity contribution is 9.10. The molecule has 1 N–H and O–H groups in total. The first-order valence-electron chi connectivity index (χ1n) is 9.35. The highest BCUT2D eigenvalue weighted by Gasteiger charge is 2.25. The highest BCUT2D eigenvalue weighted by atomic mass is 79.9. The van der Waals surface area contributed by atoms with Crippen LogP contribution in [0.5, 0.6) is 0 Å². The molecule has 28 heavy (non-hydrogen) atoms. The van der Waals surface area contributed by atoms with E-state index >= 15 is 0 Å². The van der Waals surface area contributed by atoms with Gasteiger partial charge in [0.1, 0.15) is 10.4 Å². The van der Waals surface area contributed by atoms with Crippen molar-refractivity contribution in [2.24, 2.45) is 0 Å². The van der Waals surface area contributed by atoms with Crippen LogP contribution in [0.3, 0.4) is 0 Å². The van der Waals surface area contributed by atoms with E-state index in [2.05, 4.69) is 36.1 Å². The average Bonchev–Trinajstić information content (AvgIpc) is 2.74. The molecule has 0 bridgehead atoms. The molecule has 5 nitrogen and oxygen atoms in total. The van der Waals surface area contributed by atoms with E-state index in [1.165, 1.54) is 18.6 Å². The lowest BCUT2D eigenvalue weighted by Crippen LogP contribution is -2.33. The van der Waals surface area contributed by atoms with Crippen LogP contribution in [0.15, 0.2) is 47.2 Å². The lowest BCUT2D eigenvalue weighted by Gasteiger charge is -2.30. The van der Waals surface area contributed by atoms with Gasteiger partial charge < -0.3 is 10.2 Å². The molecule has 1 aliphatic heterocycles. The predicted molar refractivity (Wildman–Crippen MR) is 111 cm³/mol. The Balaban J connectivity index is 1.70. The van der Waals surface area contributed by atoms with Crippen molar-refractivity contribution in [2.45, 2.75) is 25.8 Å². The van der Waals surface area contributed by atoms with Crippen LogP contribution in [0.25, 0.3) is 10.9 Å². The maximum atomic E-state index is 13.1. The van der Waals surface area contributed by atoms with E-state index < -0.39 is 0 Å². The van der Waals surface area contributed by atoms with E-state index in [0.717, 1.165) is 48.1 Å². The summed E-state index contributed by atoms with van der Waals surface area (Å²) in [4.78, 5) is 24.4. The second-order valence-electron chi connectivity index (χ2n) is 6.86. The fraction of sp³-hybridized carbons (Fsp3) is 0.286. The van der Waals surface area contributed by atoms with Crippen LogP contribution in [0.1, 0.15) is 35.3 Å². The molecule has 0 spiro atoms. The Labute approximate surface area is 171 Å². The number of benzene rings is 1. The number of fused-ring (bicyclic) bond motifs is 1. The molecule has 7 heteroatoms. The maximum absolute atomic E-state index is 13.1. The summed E-state index contributed by atoms with van der Waals surface area (Å²) >= 11 is 3.49. The molecule has 0 saturated carbocycles. The monoisotopic (exact) mass is 442 g/mol. The number of nitrogens with one attached hydrogen (secondary N) is 1. The molecular weight excluding hydrogens is 423 g/mol. The Morgan fingerprint density at radius 2 is 1.89 bits per heavy atom. The zero-order valence-corrected chi connectivity index (χ0v) is 16.9. The number of carbonyl (C=O) groups excluding carboxylic acids is 1. The highest BCUT2D eigenvalue weighted by Crippen LogP contribution is 2.34. The molecule has 1 saturated heterocycles. The first-order chi connectivity index (χ1) is 13.6. The van der Waals surface area contributed by atoms with Gasteiger partial charge in [0.2, 0.25) is 0 Å². The van der Waals surface area contributed by atoms with Gasteiger partial charge in [-0.1, -0.05) is 12.1 Å². The molecular formula is C21H20BrFN4O. The van der Waals surface area contributed by atoms with Gasteiger partial charge in [0.15, 0.2) is 5.69 Å². The number of rotatable bonds is 4. The van der Waals surface area contributed by atoms with E-state index in [-0.39, 0.29) is 11.7 Å². The third-order valence-corrected chi connectivity index (χ3v) is 5.55. The number of carbonyl (C=O) groups is 1. The smallest absolute Gasteiger partial charge is 0.272 e. The van der Waals surface area contributed by atoms with Crippen molar-refractivity contribution in [2.75, 3.05) is 18.0 Å². The quantitative estimate of drug-likeness (QED) is 0.606. The summed E-state index contributed by atoms with van der Waals surface area (Å²) in [5, 5.41) is 3.79. The summed E-state index contributed by atoms with van der Waals surface area (Å²) in [6.45, 7) is 2.07. The molecule has 3 aromatic rings. The van der Waals surface area contributed by atoms with Crippen LogP contribution in [0.2, 0.25) is 0 Å². The Kier molecular flexibility index (Phi) is 5.52. The van der Waals surface area contributed by atoms with E-state index in [1.54, 1.807) is 18.3 Å². The fourth-order valence-electron chi connectivity index (χ4n) is 3.53. The van der Waals surface area contributed by atoms with E-state index in [9.17, 15) is 9.18 Å². The van der Waals surface area contributed by atoms with Gasteiger partial charge in [0.05, 0.1) is 11.2 Å². The summed E-state index contributed by atoms with van der Waals surface area (Å²) in [5.41, 5.74) is 2.75. The summed E-state index contributed by atoms with van der Waals surface area (Å²) in [6.07, 6.45) is 5.10. The minimum absolute atomic E-state index is 0.266. The van der Waals surface area contributed by atoms with Gasteiger partial charge in [0, 0.05) is 31.2 Å². The Morgan fingerprint density at radius 3 is 2.64 bits per heavy atom. The van der Waals surface area contributed by atoms with Crippen molar-refractivity contribution in [3.63, 3.8) is 0 Å². The molecule has 0 radical (unpaired) electrons. The van der Waals surface area contributed by atoms with Gasteiger partial charge >= 0.3 is 0 Å². The number of hydrogen-bond donors (Lipinski definition) is 1. The number of amides is 1. The maximum Gasteiger partial charge on any atom is 0.272 e. The lowest BCUT2D eigenvalue weighted by molar-refractivity contribution is 0.0946. The molecule has 0 aliphatic carbocycles. The van der Waals surface area contributed by atoms with E-state index in [4.69, 9.17) is 0 Å². The van der Waals surface area contributed by atoms with Crippen molar-refractivity contribution in [3.05, 3.63) is 64.3 Å². The number of aromatic nitrogens is 2. The largest absolute Gasteiger partial charge is 0.368 e. The van der Waals surface area contributed by atoms with E-state index in [1.807, 2.05) is 12.1 Å². The molecule has 1 amide bonds. The van der Waals surface area contributed by atoms with E-state index in [0.29, 0.717) is 16.8 Å². The molecule has 2 aromatic heterocycles. The molecule has 0 unspecified atom stereocenters. The molecule has 0 atom stereocenters. The molecule has 1 fully saturated rings. The number of hydrogen-bond acceptors (Lipinski definition) is 4. The summed E-state index contributed by atoms with van der Waals surface area (Å²) in [7, 11) is 0. The second-order valence-corrected chi connectivity index (χ2v) is 7.61. The first kappa shape index (κ1) is 18.8. The van der Waals surface area contributed by atoms with Crippen LogP contribution < -0.4 is 10.2 Å². The van der Waals surface area contributed by atoms with Crippen molar-refractivity contribution in [1.29, 1.82) is 0 Å². The third-order valence-electron chi connectivity index (χ3n) is 4.94. The zero-order chi connectivity index (χ0) is 19.5. The SMILES string of the molecule is O=C(NCc1ccc(F)cc1)c1nc(Br)c2cccnc2c1N1CCCCC1. The molecule has 144 valence electrons. The van der Waals surface area contributed by atoms with Crippen molar-refractivity contribution < 1.29 is 9.18 Å². The molecule has 3 heterocycles. The van der Waals surface area contributed by atoms with Crippen LogP contribution in [0, 0.1) is 5.82 Å². The number of anilines is 1. The van der Waals surface area contributed by atoms with Crippen LogP contribution in [0.4, 0.5) is 10.1 Å². The minimum atomic E-state index is -0.298. The van der Waals surface area contributed by atoms with Gasteiger partial charge in [-0.05, 0) is 65.0 Å². The minimum Gasteiger partial charge on any atom is -0.368 e. The fourth-order valence-corrected chi connectivity index (χ4v) is 4.02. The Hall–Kier alpha value is -2.54. The van der Waals surface area contributed by atoms with Gasteiger partial charge in [-0.25, -0.2) is 9.37 Å². The second kappa shape index (κ2) is 8.22. The summed E-state index contributed by atoms with van der Waals surface area (Å²) < 4.78 is 13.7. The number of halogens is 2. The summed E-state index contributed by atoms with van der Waals surface area (Å²) in [5.74, 6) is -0.563. The van der Waals surface area contributed by atoms with Crippen LogP contribution in [-0.2, 0) is 6.54 Å². The summed E-state index contributed by atoms with van der Waals surface area (Å²) in [6, 6.07) is 9.90. The van der Waals surface area contributed by atoms with Gasteiger partial charge in [-0.3, -0.25) is 9.78 Å².